The van der Waals surface area contributed by atoms with Crippen molar-refractivity contribution < 1.29 is 9.60 Å². The van der Waals surface area contributed by atoms with Gasteiger partial charge in [-0.2, -0.15) is 0 Å². The van der Waals surface area contributed by atoms with Gasteiger partial charge >= 0.3 is 0 Å². The van der Waals surface area contributed by atoms with Crippen molar-refractivity contribution in [3.63, 3.8) is 0 Å². The zero-order chi connectivity index (χ0) is 12.8. The minimum Gasteiger partial charge on any atom is -0.317 e. The van der Waals surface area contributed by atoms with Crippen LogP contribution in [0.15, 0.2) is 48.8 Å². The lowest BCUT2D eigenvalue weighted by Gasteiger charge is -2.17. The zero-order valence-electron chi connectivity index (χ0n) is 9.75. The topological polar surface area (TPSA) is 45.1 Å². The normalized spacial score (nSPS) is 12.3. The zero-order valence-corrected chi connectivity index (χ0v) is 9.75. The number of benzene rings is 1. The molecule has 2 rings (SSSR count). The van der Waals surface area contributed by atoms with Gasteiger partial charge in [0.15, 0.2) is 0 Å². The van der Waals surface area contributed by atoms with Gasteiger partial charge in [0.25, 0.3) is 0 Å². The van der Waals surface area contributed by atoms with Crippen LogP contribution in [0.5, 0.6) is 0 Å². The molecule has 0 bridgehead atoms. The van der Waals surface area contributed by atoms with Gasteiger partial charge in [0.2, 0.25) is 0 Å². The number of nitrogens with zero attached hydrogens (tertiary/aromatic N) is 1. The molecule has 0 saturated heterocycles. The Hall–Kier alpha value is -1.78. The Bertz CT molecular complexity index is 473. The molecule has 1 unspecified atom stereocenters. The third-order valence-corrected chi connectivity index (χ3v) is 2.74. The van der Waals surface area contributed by atoms with Crippen LogP contribution in [0.3, 0.4) is 0 Å². The van der Waals surface area contributed by atoms with Gasteiger partial charge < -0.3 is 5.21 Å². The van der Waals surface area contributed by atoms with Gasteiger partial charge in [-0.05, 0) is 41.8 Å². The van der Waals surface area contributed by atoms with Crippen LogP contribution in [0.25, 0.3) is 0 Å². The number of hydroxylamine groups is 1. The average Bonchev–Trinajstić information content (AvgIpc) is 2.42. The molecule has 0 aliphatic carbocycles. The summed E-state index contributed by atoms with van der Waals surface area (Å²) in [4.78, 5) is 3.98. The van der Waals surface area contributed by atoms with Crippen molar-refractivity contribution >= 4 is 0 Å². The number of halogens is 1. The SMILES string of the molecule is ONC[CH]C(c1ccncc1)c1ccc(F)cc1. The molecule has 1 atom stereocenters. The maximum atomic E-state index is 12.9. The molecule has 3 nitrogen and oxygen atoms in total. The summed E-state index contributed by atoms with van der Waals surface area (Å²) in [5, 5.41) is 8.70. The Morgan fingerprint density at radius 1 is 1.11 bits per heavy atom. The van der Waals surface area contributed by atoms with Crippen LogP contribution in [0.4, 0.5) is 4.39 Å². The second kappa shape index (κ2) is 6.23. The van der Waals surface area contributed by atoms with Crippen molar-refractivity contribution in [2.24, 2.45) is 0 Å². The Balaban J connectivity index is 2.27. The maximum absolute atomic E-state index is 12.9. The smallest absolute Gasteiger partial charge is 0.123 e. The molecule has 0 amide bonds. The van der Waals surface area contributed by atoms with Crippen molar-refractivity contribution in [1.29, 1.82) is 0 Å². The number of hydrogen-bond donors (Lipinski definition) is 2. The van der Waals surface area contributed by atoms with E-state index >= 15 is 0 Å². The van der Waals surface area contributed by atoms with E-state index in [0.717, 1.165) is 11.1 Å². The Morgan fingerprint density at radius 2 is 1.72 bits per heavy atom. The molecule has 0 fully saturated rings. The van der Waals surface area contributed by atoms with Crippen molar-refractivity contribution in [1.82, 2.24) is 10.5 Å². The largest absolute Gasteiger partial charge is 0.317 e. The maximum Gasteiger partial charge on any atom is 0.123 e. The van der Waals surface area contributed by atoms with Gasteiger partial charge in [-0.3, -0.25) is 4.98 Å². The molecule has 0 aliphatic rings. The van der Waals surface area contributed by atoms with Crippen LogP contribution in [0, 0.1) is 12.2 Å². The fourth-order valence-electron chi connectivity index (χ4n) is 1.88. The van der Waals surface area contributed by atoms with Gasteiger partial charge in [0, 0.05) is 24.9 Å². The fourth-order valence-corrected chi connectivity index (χ4v) is 1.88. The first-order valence-electron chi connectivity index (χ1n) is 5.67. The summed E-state index contributed by atoms with van der Waals surface area (Å²) < 4.78 is 12.9. The second-order valence-corrected chi connectivity index (χ2v) is 3.91. The summed E-state index contributed by atoms with van der Waals surface area (Å²) in [6, 6.07) is 10.2. The van der Waals surface area contributed by atoms with E-state index in [4.69, 9.17) is 5.21 Å². The molecule has 0 saturated carbocycles. The summed E-state index contributed by atoms with van der Waals surface area (Å²) >= 11 is 0. The Morgan fingerprint density at radius 3 is 2.33 bits per heavy atom. The molecule has 2 N–H and O–H groups in total. The number of pyridine rings is 1. The standard InChI is InChI=1S/C14H14FN2O/c15-13-3-1-11(2-4-13)14(7-10-17-18)12-5-8-16-9-6-12/h1-9,14,17-18H,10H2. The first-order chi connectivity index (χ1) is 8.81. The quantitative estimate of drug-likeness (QED) is 0.796. The van der Waals surface area contributed by atoms with E-state index in [-0.39, 0.29) is 11.7 Å². The minimum absolute atomic E-state index is 0.00625. The van der Waals surface area contributed by atoms with Crippen LogP contribution < -0.4 is 5.48 Å². The summed E-state index contributed by atoms with van der Waals surface area (Å²) in [7, 11) is 0. The van der Waals surface area contributed by atoms with Crippen molar-refractivity contribution in [3.05, 3.63) is 72.2 Å². The number of aromatic nitrogens is 1. The lowest BCUT2D eigenvalue weighted by molar-refractivity contribution is 0.175. The van der Waals surface area contributed by atoms with E-state index in [1.165, 1.54) is 12.1 Å². The number of rotatable bonds is 5. The minimum atomic E-state index is -0.257. The predicted octanol–water partition coefficient (Wildman–Crippen LogP) is 2.54. The van der Waals surface area contributed by atoms with Crippen molar-refractivity contribution in [2.45, 2.75) is 5.92 Å². The predicted molar refractivity (Wildman–Crippen MR) is 66.6 cm³/mol. The van der Waals surface area contributed by atoms with Gasteiger partial charge in [-0.1, -0.05) is 12.1 Å². The van der Waals surface area contributed by atoms with Gasteiger partial charge in [-0.25, -0.2) is 9.87 Å². The van der Waals surface area contributed by atoms with Gasteiger partial charge in [0.1, 0.15) is 5.82 Å². The fraction of sp³-hybridized carbons (Fsp3) is 0.143. The molecule has 2 aromatic rings. The van der Waals surface area contributed by atoms with E-state index in [1.807, 2.05) is 18.6 Å². The molecule has 1 aromatic carbocycles. The van der Waals surface area contributed by atoms with E-state index < -0.39 is 0 Å². The summed E-state index contributed by atoms with van der Waals surface area (Å²) in [5.41, 5.74) is 4.12. The van der Waals surface area contributed by atoms with Crippen molar-refractivity contribution in [3.8, 4) is 0 Å². The highest BCUT2D eigenvalue weighted by Crippen LogP contribution is 2.26. The Labute approximate surface area is 105 Å². The third-order valence-electron chi connectivity index (χ3n) is 2.74. The molecule has 4 heteroatoms. The molecule has 1 aromatic heterocycles. The highest BCUT2D eigenvalue weighted by Gasteiger charge is 2.14. The van der Waals surface area contributed by atoms with E-state index in [1.54, 1.807) is 24.5 Å². The van der Waals surface area contributed by atoms with Gasteiger partial charge in [-0.15, -0.1) is 0 Å². The van der Waals surface area contributed by atoms with Crippen LogP contribution >= 0.6 is 0 Å². The van der Waals surface area contributed by atoms with Crippen LogP contribution in [0.2, 0.25) is 0 Å². The molecule has 93 valence electrons. The first kappa shape index (κ1) is 12.7. The van der Waals surface area contributed by atoms with Crippen LogP contribution in [-0.2, 0) is 0 Å². The molecule has 18 heavy (non-hydrogen) atoms. The van der Waals surface area contributed by atoms with E-state index in [2.05, 4.69) is 10.5 Å². The molecule has 1 radical (unpaired) electrons. The Kier molecular flexibility index (Phi) is 4.39. The molecule has 1 heterocycles. The molecule has 0 spiro atoms. The number of hydrogen-bond acceptors (Lipinski definition) is 3. The molecular weight excluding hydrogens is 231 g/mol. The van der Waals surface area contributed by atoms with Crippen LogP contribution in [-0.4, -0.2) is 16.7 Å². The second-order valence-electron chi connectivity index (χ2n) is 3.91. The number of nitrogens with one attached hydrogen (secondary N) is 1. The highest BCUT2D eigenvalue weighted by molar-refractivity contribution is 5.34. The van der Waals surface area contributed by atoms with E-state index in [0.29, 0.717) is 6.54 Å². The highest BCUT2D eigenvalue weighted by atomic mass is 19.1. The average molecular weight is 245 g/mol. The lowest BCUT2D eigenvalue weighted by atomic mass is 9.89. The first-order valence-corrected chi connectivity index (χ1v) is 5.67. The van der Waals surface area contributed by atoms with Crippen LogP contribution in [0.1, 0.15) is 17.0 Å². The summed E-state index contributed by atoms with van der Waals surface area (Å²) in [6.07, 6.45) is 5.35. The summed E-state index contributed by atoms with van der Waals surface area (Å²) in [6.45, 7) is 0.352. The molecular formula is C14H14FN2O. The lowest BCUT2D eigenvalue weighted by Crippen LogP contribution is -2.14. The molecule has 0 aliphatic heterocycles. The van der Waals surface area contributed by atoms with E-state index in [9.17, 15) is 4.39 Å². The summed E-state index contributed by atoms with van der Waals surface area (Å²) in [5.74, 6) is -0.263. The monoisotopic (exact) mass is 245 g/mol. The van der Waals surface area contributed by atoms with Crippen molar-refractivity contribution in [2.75, 3.05) is 6.54 Å². The van der Waals surface area contributed by atoms with Gasteiger partial charge in [0.05, 0.1) is 0 Å². The third kappa shape index (κ3) is 3.12.